The minimum absolute atomic E-state index is 0.0846. The number of carbonyl (C=O) groups is 3. The summed E-state index contributed by atoms with van der Waals surface area (Å²) in [5.41, 5.74) is 0. The Morgan fingerprint density at radius 1 is 0.263 bits per heavy atom. The molecule has 0 aromatic carbocycles. The van der Waals surface area contributed by atoms with Gasteiger partial charge in [-0.15, -0.1) is 0 Å². The number of hydrogen-bond donors (Lipinski definition) is 0. The average Bonchev–Trinajstić information content (AvgIpc) is 3.46. The van der Waals surface area contributed by atoms with E-state index < -0.39 is 6.10 Å². The van der Waals surface area contributed by atoms with Gasteiger partial charge >= 0.3 is 17.9 Å². The summed E-state index contributed by atoms with van der Waals surface area (Å²) in [5, 5.41) is 0. The third kappa shape index (κ3) is 65.1. The molecule has 0 heterocycles. The molecule has 0 amide bonds. The number of ether oxygens (including phenoxy) is 3. The Labute approximate surface area is 496 Å². The van der Waals surface area contributed by atoms with E-state index in [9.17, 15) is 14.4 Å². The first-order valence-electron chi connectivity index (χ1n) is 34.2. The van der Waals surface area contributed by atoms with Crippen LogP contribution in [-0.2, 0) is 28.6 Å². The molecule has 1 atom stereocenters. The van der Waals surface area contributed by atoms with Gasteiger partial charge in [0.2, 0.25) is 0 Å². The largest absolute Gasteiger partial charge is 0.462 e. The van der Waals surface area contributed by atoms with Crippen molar-refractivity contribution in [2.75, 3.05) is 13.2 Å². The molecule has 0 spiro atoms. The molecular formula is C74H128O6. The van der Waals surface area contributed by atoms with Crippen molar-refractivity contribution >= 4 is 17.9 Å². The highest BCUT2D eigenvalue weighted by Gasteiger charge is 2.19. The molecule has 0 saturated carbocycles. The molecule has 80 heavy (non-hydrogen) atoms. The van der Waals surface area contributed by atoms with Crippen LogP contribution in [0.1, 0.15) is 335 Å². The number of carbonyl (C=O) groups excluding carboxylic acids is 3. The lowest BCUT2D eigenvalue weighted by Crippen LogP contribution is -2.30. The van der Waals surface area contributed by atoms with Crippen molar-refractivity contribution in [3.63, 3.8) is 0 Å². The van der Waals surface area contributed by atoms with Crippen LogP contribution in [0.3, 0.4) is 0 Å². The molecular weight excluding hydrogens is 985 g/mol. The summed E-state index contributed by atoms with van der Waals surface area (Å²) >= 11 is 0. The van der Waals surface area contributed by atoms with Crippen LogP contribution < -0.4 is 0 Å². The Morgan fingerprint density at radius 2 is 0.487 bits per heavy atom. The van der Waals surface area contributed by atoms with Gasteiger partial charge < -0.3 is 14.2 Å². The first-order chi connectivity index (χ1) is 39.5. The molecule has 0 N–H and O–H groups in total. The lowest BCUT2D eigenvalue weighted by Gasteiger charge is -2.18. The fourth-order valence-electron chi connectivity index (χ4n) is 9.67. The maximum atomic E-state index is 12.9. The molecule has 0 aliphatic rings. The van der Waals surface area contributed by atoms with E-state index in [0.29, 0.717) is 19.3 Å². The van der Waals surface area contributed by atoms with Gasteiger partial charge in [-0.3, -0.25) is 14.4 Å². The molecule has 460 valence electrons. The van der Waals surface area contributed by atoms with Gasteiger partial charge in [0.05, 0.1) is 0 Å². The molecule has 0 saturated heterocycles. The Bertz CT molecular complexity index is 1560. The van der Waals surface area contributed by atoms with Crippen molar-refractivity contribution < 1.29 is 28.6 Å². The number of allylic oxidation sites excluding steroid dienone is 16. The van der Waals surface area contributed by atoms with Gasteiger partial charge in [0.15, 0.2) is 6.10 Å². The zero-order valence-electron chi connectivity index (χ0n) is 52.8. The third-order valence-corrected chi connectivity index (χ3v) is 14.8. The molecule has 0 rings (SSSR count). The summed E-state index contributed by atoms with van der Waals surface area (Å²) < 4.78 is 17.0. The fraction of sp³-hybridized carbons (Fsp3) is 0.743. The van der Waals surface area contributed by atoms with Crippen LogP contribution in [0, 0.1) is 0 Å². The third-order valence-electron chi connectivity index (χ3n) is 14.8. The van der Waals surface area contributed by atoms with Crippen LogP contribution in [0.25, 0.3) is 0 Å². The van der Waals surface area contributed by atoms with Gasteiger partial charge in [0.1, 0.15) is 13.2 Å². The summed E-state index contributed by atoms with van der Waals surface area (Å²) in [6.45, 7) is 6.52. The van der Waals surface area contributed by atoms with Crippen LogP contribution in [0.4, 0.5) is 0 Å². The van der Waals surface area contributed by atoms with E-state index in [0.717, 1.165) is 116 Å². The molecule has 0 aliphatic heterocycles. The molecule has 0 aliphatic carbocycles. The van der Waals surface area contributed by atoms with Crippen LogP contribution in [-0.4, -0.2) is 37.2 Å². The Hall–Kier alpha value is -3.67. The van der Waals surface area contributed by atoms with E-state index in [-0.39, 0.29) is 31.1 Å². The molecule has 6 heteroatoms. The molecule has 0 aromatic rings. The lowest BCUT2D eigenvalue weighted by molar-refractivity contribution is -0.167. The molecule has 6 nitrogen and oxygen atoms in total. The monoisotopic (exact) mass is 1110 g/mol. The van der Waals surface area contributed by atoms with Crippen molar-refractivity contribution in [3.8, 4) is 0 Å². The Morgan fingerprint density at radius 3 is 0.775 bits per heavy atom. The first kappa shape index (κ1) is 76.3. The van der Waals surface area contributed by atoms with Crippen LogP contribution in [0.2, 0.25) is 0 Å². The van der Waals surface area contributed by atoms with Gasteiger partial charge in [0.25, 0.3) is 0 Å². The Balaban J connectivity index is 4.36. The molecule has 1 unspecified atom stereocenters. The van der Waals surface area contributed by atoms with E-state index in [4.69, 9.17) is 14.2 Å². The zero-order chi connectivity index (χ0) is 57.8. The van der Waals surface area contributed by atoms with E-state index in [1.165, 1.54) is 180 Å². The number of unbranched alkanes of at least 4 members (excludes halogenated alkanes) is 35. The quantitative estimate of drug-likeness (QED) is 0.0261. The van der Waals surface area contributed by atoms with E-state index >= 15 is 0 Å². The second kappa shape index (κ2) is 67.8. The van der Waals surface area contributed by atoms with Crippen LogP contribution in [0.5, 0.6) is 0 Å². The maximum absolute atomic E-state index is 12.9. The minimum Gasteiger partial charge on any atom is -0.462 e. The minimum atomic E-state index is -0.791. The highest BCUT2D eigenvalue weighted by molar-refractivity contribution is 5.71. The summed E-state index contributed by atoms with van der Waals surface area (Å²) in [6, 6.07) is 0. The van der Waals surface area contributed by atoms with E-state index in [1.54, 1.807) is 0 Å². The molecule has 0 radical (unpaired) electrons. The second-order valence-electron chi connectivity index (χ2n) is 22.7. The topological polar surface area (TPSA) is 78.9 Å². The normalized spacial score (nSPS) is 12.7. The van der Waals surface area contributed by atoms with Crippen LogP contribution >= 0.6 is 0 Å². The van der Waals surface area contributed by atoms with Crippen molar-refractivity contribution in [1.29, 1.82) is 0 Å². The van der Waals surface area contributed by atoms with Crippen molar-refractivity contribution in [1.82, 2.24) is 0 Å². The van der Waals surface area contributed by atoms with E-state index in [1.807, 2.05) is 0 Å². The van der Waals surface area contributed by atoms with Crippen molar-refractivity contribution in [2.45, 2.75) is 341 Å². The summed E-state index contributed by atoms with van der Waals surface area (Å²) in [5.74, 6) is -0.894. The summed E-state index contributed by atoms with van der Waals surface area (Å²) in [6.07, 6.45) is 91.3. The van der Waals surface area contributed by atoms with Gasteiger partial charge in [-0.25, -0.2) is 0 Å². The highest BCUT2D eigenvalue weighted by Crippen LogP contribution is 2.17. The standard InChI is InChI=1S/C74H128O6/c1-4-7-10-13-16-19-22-25-28-31-33-35-36-37-38-40-41-43-46-49-52-55-58-61-64-67-73(76)79-70-71(69-78-72(75)66-63-60-57-54-51-48-45-30-27-24-21-18-15-12-9-6-3)80-74(77)68-65-62-59-56-53-50-47-44-42-39-34-32-29-26-23-20-17-14-11-8-5-2/h8,11,17,20-22,24-26,29-31,33-34,39,45,71H,4-7,9-10,12-16,18-19,23,27-28,32,35-38,40-44,46-70H2,1-3H3/b11-8-,20-17-,24-21-,25-22-,29-26-,33-31-,39-34-,45-30-. The SMILES string of the molecule is CC/C=C\C/C=C\C/C=C\C/C=C\CCCCCCCCCCC(=O)OC(COC(=O)CCCCCCC/C=C\C/C=C\CCCCCC)COC(=O)CCCCCCCCCCCCCCC/C=C\C/C=C\CCCCCCC. The molecule has 0 bridgehead atoms. The molecule has 0 fully saturated rings. The van der Waals surface area contributed by atoms with Gasteiger partial charge in [-0.1, -0.05) is 291 Å². The highest BCUT2D eigenvalue weighted by atomic mass is 16.6. The number of hydrogen-bond acceptors (Lipinski definition) is 6. The van der Waals surface area contributed by atoms with E-state index in [2.05, 4.69) is 118 Å². The predicted octanol–water partition coefficient (Wildman–Crippen LogP) is 23.6. The van der Waals surface area contributed by atoms with Gasteiger partial charge in [-0.05, 0) is 122 Å². The summed E-state index contributed by atoms with van der Waals surface area (Å²) in [7, 11) is 0. The van der Waals surface area contributed by atoms with Crippen molar-refractivity contribution in [3.05, 3.63) is 97.2 Å². The van der Waals surface area contributed by atoms with Crippen molar-refractivity contribution in [2.24, 2.45) is 0 Å². The smallest absolute Gasteiger partial charge is 0.306 e. The maximum Gasteiger partial charge on any atom is 0.306 e. The number of rotatable bonds is 62. The second-order valence-corrected chi connectivity index (χ2v) is 22.7. The van der Waals surface area contributed by atoms with Crippen LogP contribution in [0.15, 0.2) is 97.2 Å². The zero-order valence-corrected chi connectivity index (χ0v) is 52.8. The van der Waals surface area contributed by atoms with Gasteiger partial charge in [-0.2, -0.15) is 0 Å². The van der Waals surface area contributed by atoms with Gasteiger partial charge in [0, 0.05) is 19.3 Å². The Kier molecular flexibility index (Phi) is 64.7. The fourth-order valence-corrected chi connectivity index (χ4v) is 9.67. The number of esters is 3. The predicted molar refractivity (Wildman–Crippen MR) is 348 cm³/mol. The first-order valence-corrected chi connectivity index (χ1v) is 34.2. The molecule has 0 aromatic heterocycles. The summed E-state index contributed by atoms with van der Waals surface area (Å²) in [4.78, 5) is 38.4. The lowest BCUT2D eigenvalue weighted by atomic mass is 10.0. The average molecular weight is 1110 g/mol.